The summed E-state index contributed by atoms with van der Waals surface area (Å²) < 4.78 is 20.2. The van der Waals surface area contributed by atoms with Crippen LogP contribution in [0, 0.1) is 0 Å². The first-order valence-corrected chi connectivity index (χ1v) is 6.76. The van der Waals surface area contributed by atoms with Gasteiger partial charge in [0.2, 0.25) is 0 Å². The molecule has 5 heteroatoms. The van der Waals surface area contributed by atoms with Gasteiger partial charge in [-0.1, -0.05) is 36.4 Å². The highest BCUT2D eigenvalue weighted by Crippen LogP contribution is 2.21. The minimum Gasteiger partial charge on any atom is -0.397 e. The van der Waals surface area contributed by atoms with Crippen molar-refractivity contribution in [2.24, 2.45) is 0 Å². The molecule has 1 atom stereocenters. The number of rotatable bonds is 4. The molecule has 3 N–H and O–H groups in total. The highest BCUT2D eigenvalue weighted by atomic mass is 32.2. The molecule has 0 aliphatic rings. The summed E-state index contributed by atoms with van der Waals surface area (Å²) in [4.78, 5) is 12.2. The van der Waals surface area contributed by atoms with Crippen LogP contribution in [0.15, 0.2) is 53.4 Å². The SMILES string of the molecule is Nc1c(C(=O)Cc2ccccc2)cccc1S(=O)O. The predicted molar refractivity (Wildman–Crippen MR) is 74.4 cm³/mol. The van der Waals surface area contributed by atoms with E-state index in [1.165, 1.54) is 6.07 Å². The van der Waals surface area contributed by atoms with E-state index in [9.17, 15) is 9.00 Å². The third-order valence-corrected chi connectivity index (χ3v) is 3.49. The van der Waals surface area contributed by atoms with Gasteiger partial charge in [-0.3, -0.25) is 4.79 Å². The Bertz CT molecular complexity index is 626. The van der Waals surface area contributed by atoms with Crippen molar-refractivity contribution in [3.63, 3.8) is 0 Å². The Morgan fingerprint density at radius 3 is 2.42 bits per heavy atom. The molecule has 0 heterocycles. The van der Waals surface area contributed by atoms with Gasteiger partial charge in [0.05, 0.1) is 10.6 Å². The average Bonchev–Trinajstić information content (AvgIpc) is 2.39. The molecular formula is C14H13NO3S. The number of benzene rings is 2. The number of ketones is 1. The number of nitrogens with two attached hydrogens (primary N) is 1. The molecule has 2 aromatic carbocycles. The first-order chi connectivity index (χ1) is 9.09. The van der Waals surface area contributed by atoms with Crippen LogP contribution in [0.2, 0.25) is 0 Å². The summed E-state index contributed by atoms with van der Waals surface area (Å²) in [5, 5.41) is 0. The van der Waals surface area contributed by atoms with E-state index in [0.717, 1.165) is 5.56 Å². The van der Waals surface area contributed by atoms with Crippen molar-refractivity contribution in [1.29, 1.82) is 0 Å². The van der Waals surface area contributed by atoms with Crippen LogP contribution in [-0.2, 0) is 17.5 Å². The molecule has 0 amide bonds. The Balaban J connectivity index is 2.30. The fourth-order valence-electron chi connectivity index (χ4n) is 1.82. The number of carbonyl (C=O) groups is 1. The molecule has 0 bridgehead atoms. The lowest BCUT2D eigenvalue weighted by molar-refractivity contribution is 0.0993. The number of anilines is 1. The van der Waals surface area contributed by atoms with Crippen LogP contribution in [-0.4, -0.2) is 14.5 Å². The van der Waals surface area contributed by atoms with Crippen LogP contribution in [0.3, 0.4) is 0 Å². The van der Waals surface area contributed by atoms with Crippen molar-refractivity contribution < 1.29 is 13.6 Å². The zero-order valence-corrected chi connectivity index (χ0v) is 10.9. The van der Waals surface area contributed by atoms with Gasteiger partial charge in [-0.05, 0) is 17.7 Å². The first-order valence-electron chi connectivity index (χ1n) is 5.66. The van der Waals surface area contributed by atoms with E-state index in [1.54, 1.807) is 12.1 Å². The Kier molecular flexibility index (Phi) is 4.09. The van der Waals surface area contributed by atoms with Gasteiger partial charge >= 0.3 is 0 Å². The largest absolute Gasteiger partial charge is 0.397 e. The monoisotopic (exact) mass is 275 g/mol. The Labute approximate surface area is 113 Å². The molecule has 0 spiro atoms. The Morgan fingerprint density at radius 1 is 1.11 bits per heavy atom. The quantitative estimate of drug-likeness (QED) is 0.509. The molecule has 0 saturated heterocycles. The third-order valence-electron chi connectivity index (χ3n) is 2.76. The van der Waals surface area contributed by atoms with Gasteiger partial charge in [-0.25, -0.2) is 4.21 Å². The summed E-state index contributed by atoms with van der Waals surface area (Å²) in [7, 11) is 0. The topological polar surface area (TPSA) is 80.4 Å². The molecule has 98 valence electrons. The summed E-state index contributed by atoms with van der Waals surface area (Å²) in [6, 6.07) is 13.8. The van der Waals surface area contributed by atoms with Crippen LogP contribution in [0.4, 0.5) is 5.69 Å². The van der Waals surface area contributed by atoms with Crippen molar-refractivity contribution in [2.45, 2.75) is 11.3 Å². The molecular weight excluding hydrogens is 262 g/mol. The second-order valence-corrected chi connectivity index (χ2v) is 4.99. The molecule has 2 aromatic rings. The molecule has 0 radical (unpaired) electrons. The number of nitrogen functional groups attached to an aromatic ring is 1. The van der Waals surface area contributed by atoms with E-state index >= 15 is 0 Å². The number of Topliss-reactive ketones (excluding diaryl/α,β-unsaturated/α-hetero) is 1. The number of hydrogen-bond acceptors (Lipinski definition) is 3. The minimum atomic E-state index is -2.19. The smallest absolute Gasteiger partial charge is 0.188 e. The molecule has 0 saturated carbocycles. The standard InChI is InChI=1S/C14H13NO3S/c15-14-11(7-4-8-13(14)19(17)18)12(16)9-10-5-2-1-3-6-10/h1-8H,9,15H2,(H,17,18). The predicted octanol–water partition coefficient (Wildman–Crippen LogP) is 2.27. The van der Waals surface area contributed by atoms with Gasteiger partial charge in [0.15, 0.2) is 16.9 Å². The second-order valence-electron chi connectivity index (χ2n) is 4.05. The van der Waals surface area contributed by atoms with Crippen LogP contribution in [0.5, 0.6) is 0 Å². The molecule has 0 aromatic heterocycles. The fraction of sp³-hybridized carbons (Fsp3) is 0.0714. The van der Waals surface area contributed by atoms with Gasteiger partial charge in [0, 0.05) is 12.0 Å². The lowest BCUT2D eigenvalue weighted by Gasteiger charge is -2.07. The average molecular weight is 275 g/mol. The normalized spacial score (nSPS) is 12.1. The maximum Gasteiger partial charge on any atom is 0.188 e. The maximum atomic E-state index is 12.1. The summed E-state index contributed by atoms with van der Waals surface area (Å²) in [6.07, 6.45) is 0.215. The number of carbonyl (C=O) groups excluding carboxylic acids is 1. The highest BCUT2D eigenvalue weighted by molar-refractivity contribution is 7.79. The van der Waals surface area contributed by atoms with E-state index in [0.29, 0.717) is 0 Å². The minimum absolute atomic E-state index is 0.0684. The Hall–Kier alpha value is -1.98. The second kappa shape index (κ2) is 5.77. The van der Waals surface area contributed by atoms with E-state index in [-0.39, 0.29) is 28.4 Å². The lowest BCUT2D eigenvalue weighted by atomic mass is 10.0. The summed E-state index contributed by atoms with van der Waals surface area (Å²) in [5.74, 6) is -0.170. The number of para-hydroxylation sites is 1. The Morgan fingerprint density at radius 2 is 1.79 bits per heavy atom. The summed E-state index contributed by atoms with van der Waals surface area (Å²) in [6.45, 7) is 0. The maximum absolute atomic E-state index is 12.1. The molecule has 4 nitrogen and oxygen atoms in total. The van der Waals surface area contributed by atoms with E-state index in [1.807, 2.05) is 30.3 Å². The molecule has 0 aliphatic heterocycles. The lowest BCUT2D eigenvalue weighted by Crippen LogP contribution is -2.09. The van der Waals surface area contributed by atoms with Crippen molar-refractivity contribution >= 4 is 22.6 Å². The van der Waals surface area contributed by atoms with Crippen molar-refractivity contribution in [3.05, 3.63) is 59.7 Å². The van der Waals surface area contributed by atoms with Gasteiger partial charge in [0.1, 0.15) is 0 Å². The molecule has 0 fully saturated rings. The van der Waals surface area contributed by atoms with Crippen LogP contribution < -0.4 is 5.73 Å². The van der Waals surface area contributed by atoms with E-state index in [2.05, 4.69) is 0 Å². The van der Waals surface area contributed by atoms with Gasteiger partial charge in [-0.2, -0.15) is 0 Å². The molecule has 1 unspecified atom stereocenters. The highest BCUT2D eigenvalue weighted by Gasteiger charge is 2.15. The third kappa shape index (κ3) is 3.07. The van der Waals surface area contributed by atoms with Crippen molar-refractivity contribution in [3.8, 4) is 0 Å². The van der Waals surface area contributed by atoms with Crippen molar-refractivity contribution in [2.75, 3.05) is 5.73 Å². The molecule has 19 heavy (non-hydrogen) atoms. The fourth-order valence-corrected chi connectivity index (χ4v) is 2.31. The van der Waals surface area contributed by atoms with E-state index < -0.39 is 11.1 Å². The number of hydrogen-bond donors (Lipinski definition) is 2. The van der Waals surface area contributed by atoms with Crippen LogP contribution >= 0.6 is 0 Å². The van der Waals surface area contributed by atoms with Gasteiger partial charge in [-0.15, -0.1) is 0 Å². The van der Waals surface area contributed by atoms with Gasteiger partial charge < -0.3 is 10.3 Å². The zero-order valence-electron chi connectivity index (χ0n) is 10.1. The van der Waals surface area contributed by atoms with Crippen molar-refractivity contribution in [1.82, 2.24) is 0 Å². The molecule has 0 aliphatic carbocycles. The zero-order chi connectivity index (χ0) is 13.8. The summed E-state index contributed by atoms with van der Waals surface area (Å²) in [5.41, 5.74) is 7.00. The van der Waals surface area contributed by atoms with Crippen LogP contribution in [0.25, 0.3) is 0 Å². The first kappa shape index (κ1) is 13.5. The van der Waals surface area contributed by atoms with Crippen LogP contribution in [0.1, 0.15) is 15.9 Å². The molecule has 2 rings (SSSR count). The van der Waals surface area contributed by atoms with Gasteiger partial charge in [0.25, 0.3) is 0 Å². The van der Waals surface area contributed by atoms with E-state index in [4.69, 9.17) is 10.3 Å². The summed E-state index contributed by atoms with van der Waals surface area (Å²) >= 11 is -2.19.